The van der Waals surface area contributed by atoms with Crippen molar-refractivity contribution >= 4 is 17.7 Å². The number of pyridine rings is 1. The Morgan fingerprint density at radius 3 is 2.67 bits per heavy atom. The minimum Gasteiger partial charge on any atom is -0.453 e. The number of hydrogen-bond donors (Lipinski definition) is 1. The number of carbonyl (C=O) groups excluding carboxylic acids is 1. The van der Waals surface area contributed by atoms with E-state index in [4.69, 9.17) is 16.3 Å². The number of carbonyl (C=O) groups is 1. The molecule has 1 saturated heterocycles. The minimum absolute atomic E-state index is 0.291. The molecule has 1 amide bonds. The number of aryl methyl sites for hydroxylation is 1. The van der Waals surface area contributed by atoms with Crippen molar-refractivity contribution < 1.29 is 14.6 Å². The molecule has 8 heteroatoms. The Bertz CT molecular complexity index is 754. The van der Waals surface area contributed by atoms with Crippen molar-refractivity contribution in [3.63, 3.8) is 0 Å². The normalized spacial score (nSPS) is 16.9. The van der Waals surface area contributed by atoms with Crippen molar-refractivity contribution in [3.05, 3.63) is 40.8 Å². The van der Waals surface area contributed by atoms with Crippen LogP contribution in [0.1, 0.15) is 24.1 Å². The van der Waals surface area contributed by atoms with Crippen LogP contribution in [-0.4, -0.2) is 51.1 Å². The molecule has 0 unspecified atom stereocenters. The second kappa shape index (κ2) is 6.41. The maximum atomic E-state index is 11.6. The van der Waals surface area contributed by atoms with Gasteiger partial charge in [-0.1, -0.05) is 11.6 Å². The van der Waals surface area contributed by atoms with Gasteiger partial charge in [0, 0.05) is 19.3 Å². The lowest BCUT2D eigenvalue weighted by molar-refractivity contribution is -0.0231. The summed E-state index contributed by atoms with van der Waals surface area (Å²) in [6, 6.07) is 5.31. The van der Waals surface area contributed by atoms with Gasteiger partial charge in [0.1, 0.15) is 5.15 Å². The summed E-state index contributed by atoms with van der Waals surface area (Å²) in [6.45, 7) is 2.72. The Kier molecular flexibility index (Phi) is 4.47. The van der Waals surface area contributed by atoms with Gasteiger partial charge in [0.15, 0.2) is 5.82 Å². The van der Waals surface area contributed by atoms with Gasteiger partial charge < -0.3 is 14.7 Å². The fraction of sp³-hybridized carbons (Fsp3) is 0.438. The highest BCUT2D eigenvalue weighted by Crippen LogP contribution is 2.34. The molecule has 1 aliphatic rings. The van der Waals surface area contributed by atoms with Gasteiger partial charge in [-0.25, -0.2) is 14.5 Å². The molecular weight excluding hydrogens is 332 g/mol. The van der Waals surface area contributed by atoms with Crippen LogP contribution in [0.4, 0.5) is 4.79 Å². The molecule has 3 heterocycles. The van der Waals surface area contributed by atoms with Crippen LogP contribution in [0.5, 0.6) is 0 Å². The zero-order valence-electron chi connectivity index (χ0n) is 13.6. The van der Waals surface area contributed by atoms with Crippen LogP contribution in [0.3, 0.4) is 0 Å². The van der Waals surface area contributed by atoms with Crippen molar-refractivity contribution in [1.29, 1.82) is 0 Å². The first kappa shape index (κ1) is 16.7. The third-order valence-electron chi connectivity index (χ3n) is 4.30. The monoisotopic (exact) mass is 350 g/mol. The van der Waals surface area contributed by atoms with Crippen LogP contribution in [0.25, 0.3) is 5.82 Å². The van der Waals surface area contributed by atoms with Gasteiger partial charge in [0.25, 0.3) is 0 Å². The van der Waals surface area contributed by atoms with E-state index in [0.717, 1.165) is 5.69 Å². The summed E-state index contributed by atoms with van der Waals surface area (Å²) >= 11 is 6.14. The Morgan fingerprint density at radius 2 is 2.08 bits per heavy atom. The first-order chi connectivity index (χ1) is 11.4. The van der Waals surface area contributed by atoms with Crippen LogP contribution in [-0.2, 0) is 10.3 Å². The number of piperidine rings is 1. The fourth-order valence-corrected chi connectivity index (χ4v) is 3.09. The highest BCUT2D eigenvalue weighted by molar-refractivity contribution is 6.29. The fourth-order valence-electron chi connectivity index (χ4n) is 2.89. The number of amides is 1. The number of aliphatic hydroxyl groups is 1. The van der Waals surface area contributed by atoms with Crippen LogP contribution >= 0.6 is 11.6 Å². The molecule has 0 radical (unpaired) electrons. The zero-order chi connectivity index (χ0) is 17.3. The van der Waals surface area contributed by atoms with E-state index in [1.807, 2.05) is 13.0 Å². The highest BCUT2D eigenvalue weighted by Gasteiger charge is 2.36. The zero-order valence-corrected chi connectivity index (χ0v) is 14.3. The van der Waals surface area contributed by atoms with Gasteiger partial charge in [-0.2, -0.15) is 5.10 Å². The topological polar surface area (TPSA) is 80.5 Å². The summed E-state index contributed by atoms with van der Waals surface area (Å²) in [5, 5.41) is 15.6. The number of likely N-dealkylation sites (tertiary alicyclic amines) is 1. The van der Waals surface area contributed by atoms with Gasteiger partial charge >= 0.3 is 6.09 Å². The molecular formula is C16H19ClN4O3. The average molecular weight is 351 g/mol. The Hall–Kier alpha value is -2.12. The van der Waals surface area contributed by atoms with Gasteiger partial charge in [0.2, 0.25) is 0 Å². The van der Waals surface area contributed by atoms with Crippen molar-refractivity contribution in [2.24, 2.45) is 0 Å². The molecule has 7 nitrogen and oxygen atoms in total. The van der Waals surface area contributed by atoms with Crippen molar-refractivity contribution in [3.8, 4) is 5.82 Å². The predicted octanol–water partition coefficient (Wildman–Crippen LogP) is 2.28. The predicted molar refractivity (Wildman–Crippen MR) is 88.2 cm³/mol. The van der Waals surface area contributed by atoms with E-state index in [0.29, 0.717) is 42.5 Å². The second-order valence-corrected chi connectivity index (χ2v) is 6.31. The lowest BCUT2D eigenvalue weighted by Gasteiger charge is -2.37. The van der Waals surface area contributed by atoms with Crippen LogP contribution in [0, 0.1) is 6.92 Å². The molecule has 3 rings (SSSR count). The molecule has 1 fully saturated rings. The van der Waals surface area contributed by atoms with E-state index in [1.54, 1.807) is 27.9 Å². The molecule has 24 heavy (non-hydrogen) atoms. The molecule has 2 aromatic rings. The van der Waals surface area contributed by atoms with Crippen LogP contribution < -0.4 is 0 Å². The minimum atomic E-state index is -1.06. The van der Waals surface area contributed by atoms with E-state index in [9.17, 15) is 9.90 Å². The number of nitrogens with zero attached hydrogens (tertiary/aromatic N) is 4. The molecule has 128 valence electrons. The molecule has 0 bridgehead atoms. The molecule has 0 saturated carbocycles. The average Bonchev–Trinajstić information content (AvgIpc) is 3.01. The summed E-state index contributed by atoms with van der Waals surface area (Å²) in [5.41, 5.74) is 0.479. The number of ether oxygens (including phenoxy) is 1. The molecule has 2 aromatic heterocycles. The lowest BCUT2D eigenvalue weighted by atomic mass is 9.85. The van der Waals surface area contributed by atoms with E-state index in [2.05, 4.69) is 10.1 Å². The molecule has 0 aliphatic carbocycles. The summed E-state index contributed by atoms with van der Waals surface area (Å²) in [5.74, 6) is 0.550. The number of aromatic nitrogens is 3. The molecule has 1 aliphatic heterocycles. The van der Waals surface area contributed by atoms with Gasteiger partial charge in [-0.15, -0.1) is 0 Å². The SMILES string of the molecule is COC(=O)N1CCC(O)(c2cc(Cl)nc(-n3ccc(C)n3)c2)CC1. The first-order valence-electron chi connectivity index (χ1n) is 7.67. The summed E-state index contributed by atoms with van der Waals surface area (Å²) in [4.78, 5) is 17.4. The highest BCUT2D eigenvalue weighted by atomic mass is 35.5. The summed E-state index contributed by atoms with van der Waals surface area (Å²) < 4.78 is 6.35. The third-order valence-corrected chi connectivity index (χ3v) is 4.49. The van der Waals surface area contributed by atoms with E-state index < -0.39 is 5.60 Å². The first-order valence-corrected chi connectivity index (χ1v) is 8.05. The Labute approximate surface area is 144 Å². The Balaban J connectivity index is 1.87. The molecule has 0 aromatic carbocycles. The van der Waals surface area contributed by atoms with E-state index in [1.165, 1.54) is 7.11 Å². The second-order valence-electron chi connectivity index (χ2n) is 5.93. The van der Waals surface area contributed by atoms with Crippen molar-refractivity contribution in [1.82, 2.24) is 19.7 Å². The lowest BCUT2D eigenvalue weighted by Crippen LogP contribution is -2.45. The van der Waals surface area contributed by atoms with Gasteiger partial charge in [-0.05, 0) is 43.5 Å². The largest absolute Gasteiger partial charge is 0.453 e. The smallest absolute Gasteiger partial charge is 0.409 e. The number of halogens is 1. The van der Waals surface area contributed by atoms with E-state index in [-0.39, 0.29) is 6.09 Å². The Morgan fingerprint density at radius 1 is 1.38 bits per heavy atom. The number of hydrogen-bond acceptors (Lipinski definition) is 5. The van der Waals surface area contributed by atoms with Crippen molar-refractivity contribution in [2.75, 3.05) is 20.2 Å². The summed E-state index contributed by atoms with van der Waals surface area (Å²) in [6.07, 6.45) is 2.22. The maximum Gasteiger partial charge on any atom is 0.409 e. The van der Waals surface area contributed by atoms with Gasteiger partial charge in [0.05, 0.1) is 18.4 Å². The van der Waals surface area contributed by atoms with E-state index >= 15 is 0 Å². The summed E-state index contributed by atoms with van der Waals surface area (Å²) in [7, 11) is 1.35. The van der Waals surface area contributed by atoms with Crippen molar-refractivity contribution in [2.45, 2.75) is 25.4 Å². The molecule has 0 atom stereocenters. The van der Waals surface area contributed by atoms with Crippen LogP contribution in [0.2, 0.25) is 5.15 Å². The number of methoxy groups -OCH3 is 1. The van der Waals surface area contributed by atoms with Crippen LogP contribution in [0.15, 0.2) is 24.4 Å². The molecule has 0 spiro atoms. The molecule has 1 N–H and O–H groups in total. The maximum absolute atomic E-state index is 11.6. The standard InChI is InChI=1S/C16H19ClN4O3/c1-11-3-6-21(19-11)14-10-12(9-13(17)18-14)16(23)4-7-20(8-5-16)15(22)24-2/h3,6,9-10,23H,4-5,7-8H2,1-2H3. The number of rotatable bonds is 2. The third kappa shape index (κ3) is 3.22. The quantitative estimate of drug-likeness (QED) is 0.840. The van der Waals surface area contributed by atoms with Gasteiger partial charge in [-0.3, -0.25) is 0 Å².